The van der Waals surface area contributed by atoms with E-state index in [1.807, 2.05) is 12.3 Å². The van der Waals surface area contributed by atoms with Crippen LogP contribution in [-0.2, 0) is 6.42 Å². The first-order chi connectivity index (χ1) is 10.3. The highest BCUT2D eigenvalue weighted by molar-refractivity contribution is 5.84. The molecule has 0 amide bonds. The van der Waals surface area contributed by atoms with Gasteiger partial charge in [0.15, 0.2) is 0 Å². The minimum Gasteiger partial charge on any atom is -0.305 e. The molecule has 1 fully saturated rings. The average molecular weight is 282 g/mol. The lowest BCUT2D eigenvalue weighted by Crippen LogP contribution is -2.54. The first-order valence-electron chi connectivity index (χ1n) is 7.90. The van der Waals surface area contributed by atoms with Gasteiger partial charge in [0.25, 0.3) is 0 Å². The normalized spacial score (nSPS) is 20.7. The predicted octanol–water partition coefficient (Wildman–Crippen LogP) is 2.15. The summed E-state index contributed by atoms with van der Waals surface area (Å²) in [6, 6.07) is 8.80. The third-order valence-electron chi connectivity index (χ3n) is 4.72. The van der Waals surface area contributed by atoms with Gasteiger partial charge in [-0.1, -0.05) is 6.07 Å². The highest BCUT2D eigenvalue weighted by Gasteiger charge is 2.25. The number of pyridine rings is 1. The lowest BCUT2D eigenvalue weighted by atomic mass is 10.0. The SMILES string of the molecule is CN1CCN(N2CCCc3cc4ncccc4cc32)CC1. The number of benzene rings is 1. The Hall–Kier alpha value is -1.65. The third kappa shape index (κ3) is 2.39. The van der Waals surface area contributed by atoms with Crippen LogP contribution in [-0.4, -0.2) is 54.7 Å². The number of likely N-dealkylation sites (N-methyl/N-ethyl adjacent to an activating group) is 1. The van der Waals surface area contributed by atoms with E-state index in [1.54, 1.807) is 0 Å². The maximum Gasteiger partial charge on any atom is 0.0706 e. The van der Waals surface area contributed by atoms with Gasteiger partial charge in [0, 0.05) is 44.3 Å². The summed E-state index contributed by atoms with van der Waals surface area (Å²) in [7, 11) is 2.21. The summed E-state index contributed by atoms with van der Waals surface area (Å²) >= 11 is 0. The second kappa shape index (κ2) is 5.28. The highest BCUT2D eigenvalue weighted by atomic mass is 15.6. The van der Waals surface area contributed by atoms with Crippen molar-refractivity contribution < 1.29 is 0 Å². The van der Waals surface area contributed by atoms with E-state index in [0.717, 1.165) is 38.2 Å². The molecule has 2 aliphatic rings. The van der Waals surface area contributed by atoms with Crippen LogP contribution in [0.25, 0.3) is 10.9 Å². The first-order valence-corrected chi connectivity index (χ1v) is 7.90. The molecule has 21 heavy (non-hydrogen) atoms. The number of hydrogen-bond donors (Lipinski definition) is 0. The van der Waals surface area contributed by atoms with Gasteiger partial charge in [0.05, 0.1) is 11.2 Å². The van der Waals surface area contributed by atoms with Gasteiger partial charge in [-0.05, 0) is 43.7 Å². The Balaban J connectivity index is 1.71. The van der Waals surface area contributed by atoms with E-state index in [0.29, 0.717) is 0 Å². The lowest BCUT2D eigenvalue weighted by Gasteiger charge is -2.44. The van der Waals surface area contributed by atoms with Crippen LogP contribution in [0.4, 0.5) is 5.69 Å². The third-order valence-corrected chi connectivity index (χ3v) is 4.72. The van der Waals surface area contributed by atoms with Crippen molar-refractivity contribution in [2.24, 2.45) is 0 Å². The van der Waals surface area contributed by atoms with Crippen LogP contribution in [0.1, 0.15) is 12.0 Å². The zero-order valence-electron chi connectivity index (χ0n) is 12.6. The molecule has 0 spiro atoms. The molecule has 0 saturated carbocycles. The van der Waals surface area contributed by atoms with E-state index < -0.39 is 0 Å². The molecule has 0 N–H and O–H groups in total. The summed E-state index contributed by atoms with van der Waals surface area (Å²) in [5.41, 5.74) is 3.97. The maximum absolute atomic E-state index is 4.50. The Labute approximate surface area is 125 Å². The molecule has 3 heterocycles. The molecule has 1 aromatic heterocycles. The number of piperazine rings is 1. The second-order valence-corrected chi connectivity index (χ2v) is 6.16. The predicted molar refractivity (Wildman–Crippen MR) is 86.5 cm³/mol. The van der Waals surface area contributed by atoms with Crippen LogP contribution in [0, 0.1) is 0 Å². The highest BCUT2D eigenvalue weighted by Crippen LogP contribution is 2.32. The van der Waals surface area contributed by atoms with Crippen molar-refractivity contribution in [1.82, 2.24) is 14.9 Å². The number of aryl methyl sites for hydroxylation is 1. The van der Waals surface area contributed by atoms with Crippen LogP contribution in [0.3, 0.4) is 0 Å². The number of hydrazine groups is 1. The van der Waals surface area contributed by atoms with Crippen molar-refractivity contribution in [3.8, 4) is 0 Å². The standard InChI is InChI=1S/C17H22N4/c1-19-8-10-20(11-9-19)21-7-3-5-15-12-16-14(13-17(15)21)4-2-6-18-16/h2,4,6,12-13H,3,5,7-11H2,1H3. The Morgan fingerprint density at radius 2 is 1.90 bits per heavy atom. The van der Waals surface area contributed by atoms with E-state index in [9.17, 15) is 0 Å². The monoisotopic (exact) mass is 282 g/mol. The van der Waals surface area contributed by atoms with Gasteiger partial charge in [-0.15, -0.1) is 0 Å². The molecule has 1 aromatic carbocycles. The minimum atomic E-state index is 1.12. The molecule has 0 bridgehead atoms. The summed E-state index contributed by atoms with van der Waals surface area (Å²) in [4.78, 5) is 6.91. The molecule has 0 unspecified atom stereocenters. The summed E-state index contributed by atoms with van der Waals surface area (Å²) in [6.45, 7) is 5.70. The Bertz CT molecular complexity index is 646. The van der Waals surface area contributed by atoms with Crippen LogP contribution < -0.4 is 5.01 Å². The van der Waals surface area contributed by atoms with Gasteiger partial charge in [-0.3, -0.25) is 4.98 Å². The quantitative estimate of drug-likeness (QED) is 0.799. The zero-order valence-corrected chi connectivity index (χ0v) is 12.6. The van der Waals surface area contributed by atoms with Gasteiger partial charge in [-0.25, -0.2) is 5.01 Å². The summed E-state index contributed by atoms with van der Waals surface area (Å²) < 4.78 is 0. The Kier molecular flexibility index (Phi) is 3.28. The van der Waals surface area contributed by atoms with Crippen molar-refractivity contribution in [1.29, 1.82) is 0 Å². The molecule has 1 saturated heterocycles. The summed E-state index contributed by atoms with van der Waals surface area (Å²) in [5.74, 6) is 0. The van der Waals surface area contributed by atoms with Crippen LogP contribution in [0.5, 0.6) is 0 Å². The summed E-state index contributed by atoms with van der Waals surface area (Å²) in [5, 5.41) is 6.29. The van der Waals surface area contributed by atoms with E-state index in [4.69, 9.17) is 0 Å². The maximum atomic E-state index is 4.50. The topological polar surface area (TPSA) is 22.6 Å². The number of anilines is 1. The molecule has 4 heteroatoms. The number of hydrogen-bond acceptors (Lipinski definition) is 4. The van der Waals surface area contributed by atoms with Crippen molar-refractivity contribution in [3.05, 3.63) is 36.0 Å². The molecular weight excluding hydrogens is 260 g/mol. The Morgan fingerprint density at radius 1 is 1.05 bits per heavy atom. The minimum absolute atomic E-state index is 1.12. The number of rotatable bonds is 1. The Morgan fingerprint density at radius 3 is 2.76 bits per heavy atom. The van der Waals surface area contributed by atoms with Crippen LogP contribution in [0.15, 0.2) is 30.5 Å². The zero-order chi connectivity index (χ0) is 14.2. The fourth-order valence-corrected chi connectivity index (χ4v) is 3.46. The smallest absolute Gasteiger partial charge is 0.0706 e. The lowest BCUT2D eigenvalue weighted by molar-refractivity contribution is 0.139. The van der Waals surface area contributed by atoms with Crippen LogP contribution >= 0.6 is 0 Å². The largest absolute Gasteiger partial charge is 0.305 e. The van der Waals surface area contributed by atoms with Gasteiger partial charge >= 0.3 is 0 Å². The van der Waals surface area contributed by atoms with Gasteiger partial charge in [-0.2, -0.15) is 0 Å². The van der Waals surface area contributed by atoms with Gasteiger partial charge in [0.2, 0.25) is 0 Å². The molecule has 4 nitrogen and oxygen atoms in total. The molecule has 2 aliphatic heterocycles. The fraction of sp³-hybridized carbons (Fsp3) is 0.471. The number of fused-ring (bicyclic) bond motifs is 2. The van der Waals surface area contributed by atoms with Crippen LogP contribution in [0.2, 0.25) is 0 Å². The molecule has 4 rings (SSSR count). The molecule has 0 atom stereocenters. The molecule has 0 radical (unpaired) electrons. The summed E-state index contributed by atoms with van der Waals surface area (Å²) in [6.07, 6.45) is 4.29. The van der Waals surface area contributed by atoms with E-state index in [2.05, 4.69) is 45.1 Å². The van der Waals surface area contributed by atoms with Crippen molar-refractivity contribution in [3.63, 3.8) is 0 Å². The van der Waals surface area contributed by atoms with Gasteiger partial charge < -0.3 is 9.91 Å². The number of nitrogens with zero attached hydrogens (tertiary/aromatic N) is 4. The second-order valence-electron chi connectivity index (χ2n) is 6.16. The van der Waals surface area contributed by atoms with E-state index in [1.165, 1.54) is 29.5 Å². The van der Waals surface area contributed by atoms with E-state index in [-0.39, 0.29) is 0 Å². The van der Waals surface area contributed by atoms with Crippen molar-refractivity contribution in [2.75, 3.05) is 44.8 Å². The van der Waals surface area contributed by atoms with Crippen molar-refractivity contribution in [2.45, 2.75) is 12.8 Å². The molecule has 2 aromatic rings. The first kappa shape index (κ1) is 13.0. The average Bonchev–Trinajstić information content (AvgIpc) is 2.53. The van der Waals surface area contributed by atoms with Gasteiger partial charge in [0.1, 0.15) is 0 Å². The molecule has 0 aliphatic carbocycles. The number of aromatic nitrogens is 1. The van der Waals surface area contributed by atoms with Crippen molar-refractivity contribution >= 4 is 16.6 Å². The molecular formula is C17H22N4. The van der Waals surface area contributed by atoms with E-state index >= 15 is 0 Å². The fourth-order valence-electron chi connectivity index (χ4n) is 3.46. The molecule has 110 valence electrons.